The number of hydrogen-bond donors (Lipinski definition) is 2. The van der Waals surface area contributed by atoms with Gasteiger partial charge in [-0.15, -0.1) is 0 Å². The van der Waals surface area contributed by atoms with Crippen LogP contribution in [-0.2, 0) is 16.1 Å². The molecule has 1 aliphatic rings. The van der Waals surface area contributed by atoms with Crippen molar-refractivity contribution in [1.29, 1.82) is 0 Å². The molecule has 0 unspecified atom stereocenters. The summed E-state index contributed by atoms with van der Waals surface area (Å²) in [6, 6.07) is 8.66. The van der Waals surface area contributed by atoms with Crippen LogP contribution in [0.5, 0.6) is 0 Å². The van der Waals surface area contributed by atoms with Crippen molar-refractivity contribution in [1.82, 2.24) is 14.8 Å². The predicted octanol–water partition coefficient (Wildman–Crippen LogP) is 2.46. The van der Waals surface area contributed by atoms with Crippen molar-refractivity contribution in [3.63, 3.8) is 0 Å². The third kappa shape index (κ3) is 5.66. The molecule has 0 saturated carbocycles. The number of piperazine rings is 1. The Morgan fingerprint density at radius 3 is 2.60 bits per heavy atom. The van der Waals surface area contributed by atoms with Crippen molar-refractivity contribution in [2.45, 2.75) is 13.5 Å². The number of nitrogens with one attached hydrogen (secondary N) is 2. The molecule has 2 heterocycles. The number of ether oxygens (including phenoxy) is 1. The first-order valence-electron chi connectivity index (χ1n) is 9.75. The highest BCUT2D eigenvalue weighted by atomic mass is 19.1. The van der Waals surface area contributed by atoms with Crippen LogP contribution in [0, 0.1) is 12.7 Å². The van der Waals surface area contributed by atoms with Gasteiger partial charge in [-0.05, 0) is 25.1 Å². The topological polar surface area (TPSA) is 86.8 Å². The van der Waals surface area contributed by atoms with Crippen LogP contribution in [0.1, 0.15) is 11.3 Å². The number of pyridine rings is 1. The molecule has 0 radical (unpaired) electrons. The molecule has 2 amide bonds. The highest BCUT2D eigenvalue weighted by molar-refractivity contribution is 5.93. The Labute approximate surface area is 175 Å². The normalized spacial score (nSPS) is 14.3. The SMILES string of the molecule is COC(=O)N1CCN(Cc2cccc(NCC(=O)Nc3ccc(C)nc3)c2F)CC1. The van der Waals surface area contributed by atoms with Gasteiger partial charge in [-0.2, -0.15) is 0 Å². The first-order chi connectivity index (χ1) is 14.5. The van der Waals surface area contributed by atoms with E-state index in [1.807, 2.05) is 6.92 Å². The Balaban J connectivity index is 1.52. The van der Waals surface area contributed by atoms with Gasteiger partial charge in [0.25, 0.3) is 0 Å². The highest BCUT2D eigenvalue weighted by Crippen LogP contribution is 2.20. The van der Waals surface area contributed by atoms with Gasteiger partial charge >= 0.3 is 6.09 Å². The molecule has 0 spiro atoms. The minimum absolute atomic E-state index is 0.0634. The number of halogens is 1. The molecule has 2 aromatic rings. The molecule has 1 aromatic heterocycles. The van der Waals surface area contributed by atoms with Gasteiger partial charge in [0.15, 0.2) is 5.82 Å². The molecule has 8 nitrogen and oxygen atoms in total. The number of nitrogens with zero attached hydrogens (tertiary/aromatic N) is 3. The van der Waals surface area contributed by atoms with Crippen molar-refractivity contribution in [2.75, 3.05) is 50.5 Å². The van der Waals surface area contributed by atoms with E-state index in [0.717, 1.165) is 5.69 Å². The van der Waals surface area contributed by atoms with E-state index >= 15 is 0 Å². The minimum Gasteiger partial charge on any atom is -0.453 e. The fraction of sp³-hybridized carbons (Fsp3) is 0.381. The molecule has 1 aromatic carbocycles. The van der Waals surface area contributed by atoms with Crippen LogP contribution < -0.4 is 10.6 Å². The Bertz CT molecular complexity index is 883. The molecule has 1 aliphatic heterocycles. The third-order valence-electron chi connectivity index (χ3n) is 4.91. The summed E-state index contributed by atoms with van der Waals surface area (Å²) < 4.78 is 19.6. The number of amides is 2. The van der Waals surface area contributed by atoms with Crippen molar-refractivity contribution in [3.8, 4) is 0 Å². The van der Waals surface area contributed by atoms with E-state index < -0.39 is 0 Å². The molecule has 160 valence electrons. The number of carbonyl (C=O) groups excluding carboxylic acids is 2. The Morgan fingerprint density at radius 2 is 1.93 bits per heavy atom. The number of methoxy groups -OCH3 is 1. The van der Waals surface area contributed by atoms with Crippen molar-refractivity contribution < 1.29 is 18.7 Å². The number of rotatable bonds is 6. The number of anilines is 2. The molecule has 0 bridgehead atoms. The summed E-state index contributed by atoms with van der Waals surface area (Å²) in [6.45, 7) is 4.59. The van der Waals surface area contributed by atoms with Gasteiger partial charge in [-0.1, -0.05) is 12.1 Å². The second-order valence-corrected chi connectivity index (χ2v) is 7.10. The van der Waals surface area contributed by atoms with Gasteiger partial charge in [-0.25, -0.2) is 9.18 Å². The lowest BCUT2D eigenvalue weighted by molar-refractivity contribution is -0.114. The number of benzene rings is 1. The largest absolute Gasteiger partial charge is 0.453 e. The third-order valence-corrected chi connectivity index (χ3v) is 4.91. The fourth-order valence-corrected chi connectivity index (χ4v) is 3.22. The number of aryl methyl sites for hydroxylation is 1. The van der Waals surface area contributed by atoms with Crippen molar-refractivity contribution in [3.05, 3.63) is 53.6 Å². The summed E-state index contributed by atoms with van der Waals surface area (Å²) in [5.74, 6) is -0.665. The van der Waals surface area contributed by atoms with Crippen LogP contribution in [0.2, 0.25) is 0 Å². The molecule has 3 rings (SSSR count). The molecular weight excluding hydrogens is 389 g/mol. The van der Waals surface area contributed by atoms with Crippen LogP contribution in [0.15, 0.2) is 36.5 Å². The van der Waals surface area contributed by atoms with E-state index in [1.54, 1.807) is 41.4 Å². The molecule has 0 aliphatic carbocycles. The van der Waals surface area contributed by atoms with Crippen LogP contribution in [0.3, 0.4) is 0 Å². The lowest BCUT2D eigenvalue weighted by Crippen LogP contribution is -2.48. The van der Waals surface area contributed by atoms with E-state index in [2.05, 4.69) is 20.5 Å². The zero-order chi connectivity index (χ0) is 21.5. The lowest BCUT2D eigenvalue weighted by atomic mass is 10.1. The lowest BCUT2D eigenvalue weighted by Gasteiger charge is -2.33. The standard InChI is InChI=1S/C21H26FN5O3/c1-15-6-7-17(12-23-15)25-19(28)13-24-18-5-3-4-16(20(18)22)14-26-8-10-27(11-9-26)21(29)30-2/h3-7,12,24H,8-11,13-14H2,1-2H3,(H,25,28). The Morgan fingerprint density at radius 1 is 1.17 bits per heavy atom. The average molecular weight is 415 g/mol. The quantitative estimate of drug-likeness (QED) is 0.754. The summed E-state index contributed by atoms with van der Waals surface area (Å²) >= 11 is 0. The van der Waals surface area contributed by atoms with Gasteiger partial charge in [0.2, 0.25) is 5.91 Å². The van der Waals surface area contributed by atoms with Crippen LogP contribution in [-0.4, -0.2) is 66.6 Å². The van der Waals surface area contributed by atoms with Crippen LogP contribution in [0.25, 0.3) is 0 Å². The maximum absolute atomic E-state index is 14.9. The van der Waals surface area contributed by atoms with Gasteiger partial charge in [0.05, 0.1) is 31.2 Å². The minimum atomic E-state index is -0.377. The average Bonchev–Trinajstić information content (AvgIpc) is 2.76. The number of aromatic nitrogens is 1. The van der Waals surface area contributed by atoms with E-state index in [-0.39, 0.29) is 30.0 Å². The molecular formula is C21H26FN5O3. The molecule has 1 saturated heterocycles. The van der Waals surface area contributed by atoms with Crippen molar-refractivity contribution in [2.24, 2.45) is 0 Å². The second kappa shape index (κ2) is 10.0. The van der Waals surface area contributed by atoms with Gasteiger partial charge < -0.3 is 20.3 Å². The van der Waals surface area contributed by atoms with E-state index in [4.69, 9.17) is 4.74 Å². The van der Waals surface area contributed by atoms with E-state index in [9.17, 15) is 14.0 Å². The maximum atomic E-state index is 14.9. The fourth-order valence-electron chi connectivity index (χ4n) is 3.22. The molecule has 2 N–H and O–H groups in total. The highest BCUT2D eigenvalue weighted by Gasteiger charge is 2.22. The van der Waals surface area contributed by atoms with Gasteiger partial charge in [0.1, 0.15) is 0 Å². The number of hydrogen-bond acceptors (Lipinski definition) is 6. The molecule has 1 fully saturated rings. The monoisotopic (exact) mass is 415 g/mol. The molecule has 0 atom stereocenters. The predicted molar refractivity (Wildman–Crippen MR) is 112 cm³/mol. The summed E-state index contributed by atoms with van der Waals surface area (Å²) in [7, 11) is 1.36. The first kappa shape index (κ1) is 21.5. The zero-order valence-corrected chi connectivity index (χ0v) is 17.2. The van der Waals surface area contributed by atoms with Crippen molar-refractivity contribution >= 4 is 23.4 Å². The first-order valence-corrected chi connectivity index (χ1v) is 9.75. The van der Waals surface area contributed by atoms with Crippen LogP contribution >= 0.6 is 0 Å². The maximum Gasteiger partial charge on any atom is 0.409 e. The number of carbonyl (C=O) groups is 2. The Hall–Kier alpha value is -3.20. The van der Waals surface area contributed by atoms with Gasteiger partial charge in [0, 0.05) is 44.0 Å². The smallest absolute Gasteiger partial charge is 0.409 e. The summed E-state index contributed by atoms with van der Waals surface area (Å²) in [6.07, 6.45) is 1.24. The second-order valence-electron chi connectivity index (χ2n) is 7.10. The van der Waals surface area contributed by atoms with Gasteiger partial charge in [-0.3, -0.25) is 14.7 Å². The van der Waals surface area contributed by atoms with E-state index in [1.165, 1.54) is 7.11 Å². The molecule has 30 heavy (non-hydrogen) atoms. The summed E-state index contributed by atoms with van der Waals surface area (Å²) in [5.41, 5.74) is 2.26. The van der Waals surface area contributed by atoms with E-state index in [0.29, 0.717) is 44.0 Å². The summed E-state index contributed by atoms with van der Waals surface area (Å²) in [5, 5.41) is 5.58. The summed E-state index contributed by atoms with van der Waals surface area (Å²) in [4.78, 5) is 31.5. The Kier molecular flexibility index (Phi) is 7.18. The zero-order valence-electron chi connectivity index (χ0n) is 17.2. The molecule has 9 heteroatoms. The van der Waals surface area contributed by atoms with Crippen LogP contribution in [0.4, 0.5) is 20.6 Å².